The molecule has 150 valence electrons. The second kappa shape index (κ2) is 8.73. The number of anilines is 1. The third kappa shape index (κ3) is 5.10. The van der Waals surface area contributed by atoms with Gasteiger partial charge < -0.3 is 19.9 Å². The van der Waals surface area contributed by atoms with Crippen LogP contribution in [0, 0.1) is 11.8 Å². The van der Waals surface area contributed by atoms with Crippen LogP contribution < -0.4 is 15.4 Å². The quantitative estimate of drug-likeness (QED) is 0.724. The maximum absolute atomic E-state index is 12.3. The lowest BCUT2D eigenvalue weighted by Gasteiger charge is -2.28. The van der Waals surface area contributed by atoms with Crippen LogP contribution in [0.3, 0.4) is 0 Å². The van der Waals surface area contributed by atoms with Crippen molar-refractivity contribution in [3.8, 4) is 5.75 Å². The summed E-state index contributed by atoms with van der Waals surface area (Å²) in [5, 5.41) is 10.3. The Hall–Kier alpha value is -2.41. The molecule has 28 heavy (non-hydrogen) atoms. The van der Waals surface area contributed by atoms with Crippen molar-refractivity contribution >= 4 is 11.6 Å². The van der Waals surface area contributed by atoms with Gasteiger partial charge in [-0.25, -0.2) is 0 Å². The molecule has 2 aliphatic rings. The first-order valence-corrected chi connectivity index (χ1v) is 10.2. The highest BCUT2D eigenvalue weighted by atomic mass is 16.5. The zero-order chi connectivity index (χ0) is 19.3. The predicted molar refractivity (Wildman–Crippen MR) is 105 cm³/mol. The van der Waals surface area contributed by atoms with E-state index in [4.69, 9.17) is 9.26 Å². The van der Waals surface area contributed by atoms with Gasteiger partial charge in [-0.3, -0.25) is 4.79 Å². The number of nitrogens with one attached hydrogen (secondary N) is 2. The van der Waals surface area contributed by atoms with Crippen molar-refractivity contribution in [2.45, 2.75) is 51.6 Å². The molecule has 2 unspecified atom stereocenters. The zero-order valence-corrected chi connectivity index (χ0v) is 16.3. The van der Waals surface area contributed by atoms with Gasteiger partial charge >= 0.3 is 0 Å². The number of hydrogen-bond acceptors (Lipinski definition) is 6. The third-order valence-corrected chi connectivity index (χ3v) is 5.56. The molecule has 0 bridgehead atoms. The van der Waals surface area contributed by atoms with Crippen molar-refractivity contribution in [2.75, 3.05) is 18.4 Å². The summed E-state index contributed by atoms with van der Waals surface area (Å²) >= 11 is 0. The van der Waals surface area contributed by atoms with E-state index >= 15 is 0 Å². The van der Waals surface area contributed by atoms with E-state index in [0.717, 1.165) is 37.5 Å². The highest BCUT2D eigenvalue weighted by molar-refractivity contribution is 5.90. The number of benzene rings is 1. The smallest absolute Gasteiger partial charge is 0.229 e. The second-order valence-corrected chi connectivity index (χ2v) is 7.97. The summed E-state index contributed by atoms with van der Waals surface area (Å²) < 4.78 is 10.9. The van der Waals surface area contributed by atoms with E-state index in [1.807, 2.05) is 24.3 Å². The third-order valence-electron chi connectivity index (χ3n) is 5.56. The summed E-state index contributed by atoms with van der Waals surface area (Å²) in [4.78, 5) is 16.7. The van der Waals surface area contributed by atoms with Crippen molar-refractivity contribution in [1.29, 1.82) is 0 Å². The van der Waals surface area contributed by atoms with E-state index in [1.54, 1.807) is 0 Å². The lowest BCUT2D eigenvalue weighted by atomic mass is 9.85. The predicted octanol–water partition coefficient (Wildman–Crippen LogP) is 3.49. The molecule has 2 N–H and O–H groups in total. The lowest BCUT2D eigenvalue weighted by molar-refractivity contribution is -0.117. The minimum Gasteiger partial charge on any atom is -0.485 e. The molecule has 0 spiro atoms. The minimum absolute atomic E-state index is 0.0612. The molecule has 0 radical (unpaired) electrons. The summed E-state index contributed by atoms with van der Waals surface area (Å²) in [7, 11) is 0. The van der Waals surface area contributed by atoms with Crippen molar-refractivity contribution in [3.63, 3.8) is 0 Å². The monoisotopic (exact) mass is 384 g/mol. The number of piperidine rings is 1. The fraction of sp³-hybridized carbons (Fsp3) is 0.571. The van der Waals surface area contributed by atoms with Crippen LogP contribution in [0.5, 0.6) is 5.75 Å². The number of rotatable bonds is 8. The van der Waals surface area contributed by atoms with Crippen LogP contribution in [0.15, 0.2) is 28.8 Å². The summed E-state index contributed by atoms with van der Waals surface area (Å²) in [6.07, 6.45) is 5.21. The Kier molecular flexibility index (Phi) is 5.90. The van der Waals surface area contributed by atoms with Crippen LogP contribution in [0.1, 0.15) is 56.7 Å². The summed E-state index contributed by atoms with van der Waals surface area (Å²) in [5.41, 5.74) is 0.780. The van der Waals surface area contributed by atoms with Crippen molar-refractivity contribution in [1.82, 2.24) is 15.5 Å². The molecule has 1 aliphatic heterocycles. The number of ether oxygens (including phenoxy) is 1. The Bertz CT molecular complexity index is 779. The number of amides is 1. The van der Waals surface area contributed by atoms with Gasteiger partial charge in [0.2, 0.25) is 17.6 Å². The topological polar surface area (TPSA) is 89.3 Å². The molecule has 1 saturated heterocycles. The molecule has 1 aliphatic carbocycles. The van der Waals surface area contributed by atoms with Gasteiger partial charge in [0.05, 0.1) is 0 Å². The van der Waals surface area contributed by atoms with Gasteiger partial charge in [0, 0.05) is 18.0 Å². The molecule has 7 heteroatoms. The number of carbonyl (C=O) groups excluding carboxylic acids is 1. The molecule has 1 saturated carbocycles. The molecule has 7 nitrogen and oxygen atoms in total. The number of aromatic nitrogens is 2. The SMILES string of the molecule is CC(CC(=O)Nc1ccc(OCc2noc(C3CC3)n2)cc1)C1CCCNC1. The van der Waals surface area contributed by atoms with Crippen LogP contribution >= 0.6 is 0 Å². The highest BCUT2D eigenvalue weighted by Crippen LogP contribution is 2.38. The van der Waals surface area contributed by atoms with E-state index in [0.29, 0.717) is 35.7 Å². The molecular weight excluding hydrogens is 356 g/mol. The van der Waals surface area contributed by atoms with Crippen molar-refractivity contribution < 1.29 is 14.1 Å². The Labute approximate surface area is 165 Å². The van der Waals surface area contributed by atoms with Crippen LogP contribution in [0.25, 0.3) is 0 Å². The summed E-state index contributed by atoms with van der Waals surface area (Å²) in [5.74, 6) is 3.46. The molecule has 2 heterocycles. The maximum Gasteiger partial charge on any atom is 0.229 e. The summed E-state index contributed by atoms with van der Waals surface area (Å²) in [6, 6.07) is 7.38. The molecule has 1 aromatic carbocycles. The number of hydrogen-bond donors (Lipinski definition) is 2. The fourth-order valence-corrected chi connectivity index (χ4v) is 3.64. The van der Waals surface area contributed by atoms with E-state index in [9.17, 15) is 4.79 Å². The second-order valence-electron chi connectivity index (χ2n) is 7.97. The standard InChI is InChI=1S/C21H28N4O3/c1-14(16-3-2-10-22-12-16)11-20(26)23-17-6-8-18(9-7-17)27-13-19-24-21(28-25-19)15-4-5-15/h6-9,14-16,22H,2-5,10-13H2,1H3,(H,23,26). The molecule has 4 rings (SSSR count). The fourth-order valence-electron chi connectivity index (χ4n) is 3.64. The largest absolute Gasteiger partial charge is 0.485 e. The van der Waals surface area contributed by atoms with Crippen molar-refractivity contribution in [2.24, 2.45) is 11.8 Å². The number of nitrogens with zero attached hydrogens (tertiary/aromatic N) is 2. The molecule has 2 atom stereocenters. The van der Waals surface area contributed by atoms with Crippen LogP contribution in [0.2, 0.25) is 0 Å². The first kappa shape index (κ1) is 18.9. The van der Waals surface area contributed by atoms with Crippen molar-refractivity contribution in [3.05, 3.63) is 36.0 Å². The van der Waals surface area contributed by atoms with Gasteiger partial charge in [-0.2, -0.15) is 4.98 Å². The Morgan fingerprint density at radius 2 is 2.14 bits per heavy atom. The Balaban J connectivity index is 1.22. The van der Waals surface area contributed by atoms with Crippen LogP contribution in [-0.4, -0.2) is 29.1 Å². The first-order chi connectivity index (χ1) is 13.7. The molecule has 2 fully saturated rings. The van der Waals surface area contributed by atoms with E-state index in [-0.39, 0.29) is 12.5 Å². The first-order valence-electron chi connectivity index (χ1n) is 10.2. The lowest BCUT2D eigenvalue weighted by Crippen LogP contribution is -2.34. The van der Waals surface area contributed by atoms with Gasteiger partial charge in [-0.15, -0.1) is 0 Å². The normalized spacial score (nSPS) is 20.5. The molecule has 2 aromatic rings. The molecule has 1 amide bonds. The van der Waals surface area contributed by atoms with Gasteiger partial charge in [0.15, 0.2) is 6.61 Å². The Morgan fingerprint density at radius 1 is 1.32 bits per heavy atom. The average Bonchev–Trinajstić information content (AvgIpc) is 3.46. The van der Waals surface area contributed by atoms with Crippen LogP contribution in [-0.2, 0) is 11.4 Å². The van der Waals surface area contributed by atoms with Gasteiger partial charge in [0.25, 0.3) is 0 Å². The maximum atomic E-state index is 12.3. The van der Waals surface area contributed by atoms with E-state index < -0.39 is 0 Å². The van der Waals surface area contributed by atoms with Crippen LogP contribution in [0.4, 0.5) is 5.69 Å². The zero-order valence-electron chi connectivity index (χ0n) is 16.3. The van der Waals surface area contributed by atoms with E-state index in [1.165, 1.54) is 12.8 Å². The van der Waals surface area contributed by atoms with Gasteiger partial charge in [-0.05, 0) is 74.9 Å². The number of carbonyl (C=O) groups is 1. The molecular formula is C21H28N4O3. The Morgan fingerprint density at radius 3 is 2.86 bits per heavy atom. The highest BCUT2D eigenvalue weighted by Gasteiger charge is 2.29. The minimum atomic E-state index is 0.0612. The molecule has 1 aromatic heterocycles. The van der Waals surface area contributed by atoms with Gasteiger partial charge in [-0.1, -0.05) is 12.1 Å². The average molecular weight is 384 g/mol. The van der Waals surface area contributed by atoms with E-state index in [2.05, 4.69) is 27.7 Å². The summed E-state index contributed by atoms with van der Waals surface area (Å²) in [6.45, 7) is 4.55. The van der Waals surface area contributed by atoms with Gasteiger partial charge in [0.1, 0.15) is 5.75 Å².